The van der Waals surface area contributed by atoms with Gasteiger partial charge in [0.05, 0.1) is 34.4 Å². The predicted octanol–water partition coefficient (Wildman–Crippen LogP) is 5.15. The Morgan fingerprint density at radius 3 is 2.37 bits per heavy atom. The van der Waals surface area contributed by atoms with Crippen LogP contribution in [0.4, 0.5) is 5.69 Å². The van der Waals surface area contributed by atoms with Gasteiger partial charge in [0.1, 0.15) is 5.60 Å². The Morgan fingerprint density at radius 1 is 1.06 bits per heavy atom. The monoisotopic (exact) mass is 499 g/mol. The van der Waals surface area contributed by atoms with E-state index in [0.29, 0.717) is 17.5 Å². The molecule has 2 N–H and O–H groups in total. The number of sulfone groups is 1. The minimum atomic E-state index is -3.78. The molecule has 9 heteroatoms. The topological polar surface area (TPSA) is 123 Å². The fourth-order valence-corrected chi connectivity index (χ4v) is 5.00. The van der Waals surface area contributed by atoms with Gasteiger partial charge in [-0.3, -0.25) is 4.79 Å². The lowest BCUT2D eigenvalue weighted by Crippen LogP contribution is -2.24. The van der Waals surface area contributed by atoms with Gasteiger partial charge in [-0.1, -0.05) is 30.3 Å². The number of aromatic carboxylic acids is 1. The summed E-state index contributed by atoms with van der Waals surface area (Å²) in [6.07, 6.45) is 3.49. The van der Waals surface area contributed by atoms with Crippen molar-refractivity contribution in [3.05, 3.63) is 72.2 Å². The highest BCUT2D eigenvalue weighted by atomic mass is 32.2. The van der Waals surface area contributed by atoms with E-state index in [2.05, 4.69) is 5.32 Å². The van der Waals surface area contributed by atoms with Crippen LogP contribution >= 0.6 is 0 Å². The molecule has 0 aliphatic carbocycles. The molecule has 35 heavy (non-hydrogen) atoms. The van der Waals surface area contributed by atoms with E-state index in [0.717, 1.165) is 0 Å². The van der Waals surface area contributed by atoms with Gasteiger partial charge in [0.25, 0.3) is 0 Å². The molecule has 0 aliphatic rings. The lowest BCUT2D eigenvalue weighted by molar-refractivity contribution is -0.154. The van der Waals surface area contributed by atoms with Crippen LogP contribution in [0.1, 0.15) is 49.5 Å². The second-order valence-corrected chi connectivity index (χ2v) is 11.0. The number of carbonyl (C=O) groups excluding carboxylic acids is 1. The summed E-state index contributed by atoms with van der Waals surface area (Å²) >= 11 is 0. The second-order valence-electron chi connectivity index (χ2n) is 9.03. The molecule has 0 aliphatic heterocycles. The predicted molar refractivity (Wildman–Crippen MR) is 132 cm³/mol. The number of furan rings is 1. The Labute approximate surface area is 204 Å². The van der Waals surface area contributed by atoms with Crippen LogP contribution < -0.4 is 5.32 Å². The summed E-state index contributed by atoms with van der Waals surface area (Å²) in [5.74, 6) is -2.09. The molecule has 2 aromatic carbocycles. The van der Waals surface area contributed by atoms with Crippen LogP contribution in [-0.2, 0) is 25.1 Å². The standard InChI is InChI=1S/C26H29NO7S/c1-26(2,3)34-22(28)10-7-14-27-24-21(18-13-15-33-16-18)12-11-19(23(24)25(29)30)17-35(31,32)20-8-5-4-6-9-20/h4-6,8-9,11-13,15-16,27H,7,10,14,17H2,1-3H3,(H,29,30). The SMILES string of the molecule is CC(C)(C)OC(=O)CCCNc1c(-c2ccoc2)ccc(CS(=O)(=O)c2ccccc2)c1C(=O)O. The Morgan fingerprint density at radius 2 is 1.77 bits per heavy atom. The van der Waals surface area contributed by atoms with Crippen molar-refractivity contribution >= 4 is 27.5 Å². The van der Waals surface area contributed by atoms with Crippen LogP contribution in [0.15, 0.2) is 70.4 Å². The van der Waals surface area contributed by atoms with Crippen molar-refractivity contribution in [1.82, 2.24) is 0 Å². The highest BCUT2D eigenvalue weighted by Crippen LogP contribution is 2.35. The Kier molecular flexibility index (Phi) is 8.01. The third-order valence-corrected chi connectivity index (χ3v) is 6.75. The Bertz CT molecular complexity index is 1280. The number of hydrogen-bond acceptors (Lipinski definition) is 7. The van der Waals surface area contributed by atoms with Crippen LogP contribution in [0.5, 0.6) is 0 Å². The Hall–Kier alpha value is -3.59. The van der Waals surface area contributed by atoms with Gasteiger partial charge in [-0.2, -0.15) is 0 Å². The number of carboxylic acids is 1. The maximum absolute atomic E-state index is 13.0. The van der Waals surface area contributed by atoms with Crippen LogP contribution in [0.25, 0.3) is 11.1 Å². The molecule has 3 aromatic rings. The van der Waals surface area contributed by atoms with Crippen molar-refractivity contribution in [1.29, 1.82) is 0 Å². The summed E-state index contributed by atoms with van der Waals surface area (Å²) in [4.78, 5) is 24.5. The summed E-state index contributed by atoms with van der Waals surface area (Å²) in [5.41, 5.74) is 0.884. The molecule has 186 valence electrons. The number of rotatable bonds is 10. The third-order valence-electron chi connectivity index (χ3n) is 5.07. The average Bonchev–Trinajstić information content (AvgIpc) is 3.30. The van der Waals surface area contributed by atoms with Gasteiger partial charge in [0.15, 0.2) is 9.84 Å². The van der Waals surface area contributed by atoms with Crippen molar-refractivity contribution in [2.45, 2.75) is 49.9 Å². The van der Waals surface area contributed by atoms with Crippen molar-refractivity contribution in [3.63, 3.8) is 0 Å². The summed E-state index contributed by atoms with van der Waals surface area (Å²) in [5, 5.41) is 13.2. The first-order valence-corrected chi connectivity index (χ1v) is 12.8. The maximum atomic E-state index is 13.0. The van der Waals surface area contributed by atoms with Crippen molar-refractivity contribution in [3.8, 4) is 11.1 Å². The molecule has 0 fully saturated rings. The van der Waals surface area contributed by atoms with E-state index < -0.39 is 27.2 Å². The van der Waals surface area contributed by atoms with E-state index in [1.54, 1.807) is 51.1 Å². The molecule has 1 aromatic heterocycles. The highest BCUT2D eigenvalue weighted by Gasteiger charge is 2.25. The molecule has 0 radical (unpaired) electrons. The van der Waals surface area contributed by atoms with Gasteiger partial charge in [-0.05, 0) is 51.0 Å². The lowest BCUT2D eigenvalue weighted by Gasteiger charge is -2.20. The largest absolute Gasteiger partial charge is 0.478 e. The van der Waals surface area contributed by atoms with Gasteiger partial charge in [-0.25, -0.2) is 13.2 Å². The molecule has 0 atom stereocenters. The molecule has 0 saturated carbocycles. The van der Waals surface area contributed by atoms with E-state index in [4.69, 9.17) is 9.15 Å². The number of nitrogens with one attached hydrogen (secondary N) is 1. The van der Waals surface area contributed by atoms with Gasteiger partial charge in [-0.15, -0.1) is 0 Å². The number of benzene rings is 2. The van der Waals surface area contributed by atoms with Gasteiger partial charge in [0, 0.05) is 24.1 Å². The Balaban J connectivity index is 1.92. The molecule has 3 rings (SSSR count). The van der Waals surface area contributed by atoms with E-state index in [1.807, 2.05) is 0 Å². The smallest absolute Gasteiger partial charge is 0.338 e. The number of ether oxygens (including phenoxy) is 1. The zero-order chi connectivity index (χ0) is 25.6. The minimum Gasteiger partial charge on any atom is -0.478 e. The fourth-order valence-electron chi connectivity index (χ4n) is 3.61. The first kappa shape index (κ1) is 26.0. The minimum absolute atomic E-state index is 0.113. The molecular formula is C26H29NO7S. The summed E-state index contributed by atoms with van der Waals surface area (Å²) in [7, 11) is -3.78. The first-order chi connectivity index (χ1) is 16.5. The molecule has 0 amide bonds. The first-order valence-electron chi connectivity index (χ1n) is 11.1. The van der Waals surface area contributed by atoms with Crippen molar-refractivity contribution < 1.29 is 32.3 Å². The molecule has 0 unspecified atom stereocenters. The van der Waals surface area contributed by atoms with E-state index >= 15 is 0 Å². The summed E-state index contributed by atoms with van der Waals surface area (Å²) in [6, 6.07) is 12.8. The second kappa shape index (κ2) is 10.8. The quantitative estimate of drug-likeness (QED) is 0.290. The highest BCUT2D eigenvalue weighted by molar-refractivity contribution is 7.90. The molecule has 0 saturated heterocycles. The average molecular weight is 500 g/mol. The van der Waals surface area contributed by atoms with Crippen LogP contribution in [0, 0.1) is 0 Å². The van der Waals surface area contributed by atoms with Gasteiger partial charge in [0.2, 0.25) is 0 Å². The van der Waals surface area contributed by atoms with Gasteiger partial charge < -0.3 is 19.6 Å². The number of esters is 1. The van der Waals surface area contributed by atoms with E-state index in [1.165, 1.54) is 30.7 Å². The molecule has 1 heterocycles. The summed E-state index contributed by atoms with van der Waals surface area (Å²) < 4.78 is 36.4. The van der Waals surface area contributed by atoms with E-state index in [9.17, 15) is 23.1 Å². The van der Waals surface area contributed by atoms with E-state index in [-0.39, 0.29) is 40.6 Å². The molecule has 0 bridgehead atoms. The molecular weight excluding hydrogens is 470 g/mol. The zero-order valence-corrected chi connectivity index (χ0v) is 20.7. The van der Waals surface area contributed by atoms with Gasteiger partial charge >= 0.3 is 11.9 Å². The van der Waals surface area contributed by atoms with Crippen molar-refractivity contribution in [2.75, 3.05) is 11.9 Å². The van der Waals surface area contributed by atoms with Crippen LogP contribution in [0.3, 0.4) is 0 Å². The number of carboxylic acid groups (broad SMARTS) is 1. The molecule has 8 nitrogen and oxygen atoms in total. The number of carbonyl (C=O) groups is 2. The summed E-state index contributed by atoms with van der Waals surface area (Å²) in [6.45, 7) is 5.64. The number of hydrogen-bond donors (Lipinski definition) is 2. The fraction of sp³-hybridized carbons (Fsp3) is 0.308. The van der Waals surface area contributed by atoms with Crippen LogP contribution in [0.2, 0.25) is 0 Å². The molecule has 0 spiro atoms. The third kappa shape index (κ3) is 6.95. The van der Waals surface area contributed by atoms with Crippen molar-refractivity contribution in [2.24, 2.45) is 0 Å². The number of anilines is 1. The normalized spacial score (nSPS) is 11.7. The zero-order valence-electron chi connectivity index (χ0n) is 19.9. The maximum Gasteiger partial charge on any atom is 0.338 e. The van der Waals surface area contributed by atoms with Crippen LogP contribution in [-0.4, -0.2) is 37.6 Å². The lowest BCUT2D eigenvalue weighted by atomic mass is 9.97.